The summed E-state index contributed by atoms with van der Waals surface area (Å²) in [5, 5.41) is 2.76. The second kappa shape index (κ2) is 10.4. The number of carbonyl (C=O) groups is 1. The van der Waals surface area contributed by atoms with Gasteiger partial charge < -0.3 is 14.6 Å². The largest absolute Gasteiger partial charge is 0.494 e. The molecule has 1 N–H and O–H groups in total. The van der Waals surface area contributed by atoms with Gasteiger partial charge in [0.1, 0.15) is 5.82 Å². The zero-order valence-corrected chi connectivity index (χ0v) is 18.4. The van der Waals surface area contributed by atoms with E-state index in [-0.39, 0.29) is 17.1 Å². The molecule has 1 saturated heterocycles. The highest BCUT2D eigenvalue weighted by molar-refractivity contribution is 6.62. The Morgan fingerprint density at radius 3 is 1.89 bits per heavy atom. The molecule has 0 atom stereocenters. The fraction of sp³-hybridized carbons (Fsp3) is 0.455. The van der Waals surface area contributed by atoms with E-state index >= 15 is 0 Å². The van der Waals surface area contributed by atoms with Crippen molar-refractivity contribution >= 4 is 24.3 Å². The number of amides is 1. The van der Waals surface area contributed by atoms with Crippen molar-refractivity contribution in [2.24, 2.45) is 0 Å². The highest BCUT2D eigenvalue weighted by Crippen LogP contribution is 2.36. The average molecular weight is 384 g/mol. The molecule has 2 heterocycles. The predicted molar refractivity (Wildman–Crippen MR) is 117 cm³/mol. The van der Waals surface area contributed by atoms with Crippen LogP contribution in [-0.4, -0.2) is 29.2 Å². The second-order valence-corrected chi connectivity index (χ2v) is 6.88. The second-order valence-electron chi connectivity index (χ2n) is 6.88. The fourth-order valence-electron chi connectivity index (χ4n) is 2.40. The van der Waals surface area contributed by atoms with Crippen LogP contribution in [0.25, 0.3) is 0 Å². The summed E-state index contributed by atoms with van der Waals surface area (Å²) in [4.78, 5) is 16.3. The van der Waals surface area contributed by atoms with Crippen LogP contribution < -0.4 is 10.8 Å². The number of pyridine rings is 1. The first kappa shape index (κ1) is 23.9. The van der Waals surface area contributed by atoms with Crippen molar-refractivity contribution in [3.05, 3.63) is 54.2 Å². The number of hydrogen-bond acceptors (Lipinski definition) is 4. The summed E-state index contributed by atoms with van der Waals surface area (Å²) in [6.07, 6.45) is 1.64. The highest BCUT2D eigenvalue weighted by Gasteiger charge is 2.51. The lowest BCUT2D eigenvalue weighted by Crippen LogP contribution is -2.41. The molecule has 0 spiro atoms. The SMILES string of the molecule is CC.CC.CC1(C)OB(c2ccc(C(=O)Nc3ccccn3)cc2)OC1(C)C. The molecule has 0 bridgehead atoms. The number of aromatic nitrogens is 1. The van der Waals surface area contributed by atoms with Gasteiger partial charge in [-0.05, 0) is 57.4 Å². The van der Waals surface area contributed by atoms with Crippen LogP contribution in [0, 0.1) is 0 Å². The fourth-order valence-corrected chi connectivity index (χ4v) is 2.40. The van der Waals surface area contributed by atoms with Crippen LogP contribution >= 0.6 is 0 Å². The molecule has 0 aliphatic carbocycles. The quantitative estimate of drug-likeness (QED) is 0.781. The van der Waals surface area contributed by atoms with Crippen molar-refractivity contribution in [2.75, 3.05) is 5.32 Å². The summed E-state index contributed by atoms with van der Waals surface area (Å²) >= 11 is 0. The summed E-state index contributed by atoms with van der Waals surface area (Å²) in [5.74, 6) is 0.326. The van der Waals surface area contributed by atoms with Crippen LogP contribution in [0.1, 0.15) is 65.7 Å². The normalized spacial score (nSPS) is 16.2. The van der Waals surface area contributed by atoms with E-state index in [4.69, 9.17) is 9.31 Å². The van der Waals surface area contributed by atoms with E-state index < -0.39 is 7.12 Å². The van der Waals surface area contributed by atoms with Gasteiger partial charge in [-0.1, -0.05) is 45.9 Å². The molecule has 1 aromatic carbocycles. The first-order valence-electron chi connectivity index (χ1n) is 9.96. The van der Waals surface area contributed by atoms with Gasteiger partial charge in [-0.3, -0.25) is 4.79 Å². The van der Waals surface area contributed by atoms with E-state index in [1.165, 1.54) is 0 Å². The third-order valence-electron chi connectivity index (χ3n) is 4.60. The van der Waals surface area contributed by atoms with Crippen LogP contribution in [0.2, 0.25) is 0 Å². The Kier molecular flexibility index (Phi) is 8.86. The van der Waals surface area contributed by atoms with E-state index in [0.717, 1.165) is 5.46 Å². The predicted octanol–water partition coefficient (Wildman–Crippen LogP) is 4.69. The molecule has 1 amide bonds. The maximum Gasteiger partial charge on any atom is 0.494 e. The van der Waals surface area contributed by atoms with Gasteiger partial charge in [-0.25, -0.2) is 4.98 Å². The van der Waals surface area contributed by atoms with Gasteiger partial charge in [0, 0.05) is 11.8 Å². The van der Waals surface area contributed by atoms with Crippen LogP contribution in [-0.2, 0) is 9.31 Å². The van der Waals surface area contributed by atoms with Gasteiger partial charge in [0.25, 0.3) is 5.91 Å². The first-order chi connectivity index (χ1) is 13.3. The van der Waals surface area contributed by atoms with Crippen LogP contribution in [0.3, 0.4) is 0 Å². The summed E-state index contributed by atoms with van der Waals surface area (Å²) < 4.78 is 12.0. The molecular weight excluding hydrogens is 351 g/mol. The molecule has 6 heteroatoms. The van der Waals surface area contributed by atoms with Gasteiger partial charge in [0.15, 0.2) is 0 Å². The van der Waals surface area contributed by atoms with Gasteiger partial charge in [0.05, 0.1) is 11.2 Å². The van der Waals surface area contributed by atoms with Crippen molar-refractivity contribution in [1.82, 2.24) is 4.98 Å². The maximum atomic E-state index is 12.2. The molecular formula is C22H33BN2O3. The maximum absolute atomic E-state index is 12.2. The molecule has 28 heavy (non-hydrogen) atoms. The minimum Gasteiger partial charge on any atom is -0.399 e. The third kappa shape index (κ3) is 5.66. The van der Waals surface area contributed by atoms with Crippen LogP contribution in [0.15, 0.2) is 48.7 Å². The van der Waals surface area contributed by atoms with Gasteiger partial charge >= 0.3 is 7.12 Å². The molecule has 1 aliphatic heterocycles. The number of hydrogen-bond donors (Lipinski definition) is 1. The molecule has 152 valence electrons. The number of rotatable bonds is 3. The molecule has 0 unspecified atom stereocenters. The van der Waals surface area contributed by atoms with Gasteiger partial charge in [-0.2, -0.15) is 0 Å². The van der Waals surface area contributed by atoms with Gasteiger partial charge in [0.2, 0.25) is 0 Å². The van der Waals surface area contributed by atoms with Crippen molar-refractivity contribution in [3.63, 3.8) is 0 Å². The number of carbonyl (C=O) groups excluding carboxylic acids is 1. The van der Waals surface area contributed by atoms with E-state index in [2.05, 4.69) is 10.3 Å². The van der Waals surface area contributed by atoms with Gasteiger partial charge in [-0.15, -0.1) is 0 Å². The molecule has 1 aromatic heterocycles. The minimum absolute atomic E-state index is 0.200. The molecule has 0 radical (unpaired) electrons. The highest BCUT2D eigenvalue weighted by atomic mass is 16.7. The third-order valence-corrected chi connectivity index (χ3v) is 4.60. The van der Waals surface area contributed by atoms with Crippen molar-refractivity contribution in [3.8, 4) is 0 Å². The minimum atomic E-state index is -0.428. The molecule has 0 saturated carbocycles. The Hall–Kier alpha value is -2.18. The van der Waals surface area contributed by atoms with E-state index in [1.807, 2.05) is 73.6 Å². The lowest BCUT2D eigenvalue weighted by molar-refractivity contribution is 0.00578. The van der Waals surface area contributed by atoms with E-state index in [9.17, 15) is 4.79 Å². The lowest BCUT2D eigenvalue weighted by atomic mass is 9.79. The number of benzene rings is 1. The monoisotopic (exact) mass is 384 g/mol. The summed E-state index contributed by atoms with van der Waals surface area (Å²) in [5.41, 5.74) is 0.684. The Bertz CT molecular complexity index is 715. The first-order valence-corrected chi connectivity index (χ1v) is 9.96. The van der Waals surface area contributed by atoms with Crippen LogP contribution in [0.4, 0.5) is 5.82 Å². The zero-order valence-electron chi connectivity index (χ0n) is 18.4. The summed E-state index contributed by atoms with van der Waals surface area (Å²) in [6.45, 7) is 16.1. The summed E-state index contributed by atoms with van der Waals surface area (Å²) in [7, 11) is -0.428. The van der Waals surface area contributed by atoms with E-state index in [0.29, 0.717) is 11.4 Å². The molecule has 1 fully saturated rings. The number of nitrogens with zero attached hydrogens (tertiary/aromatic N) is 1. The zero-order chi connectivity index (χ0) is 21.4. The van der Waals surface area contributed by atoms with Crippen molar-refractivity contribution in [1.29, 1.82) is 0 Å². The molecule has 5 nitrogen and oxygen atoms in total. The smallest absolute Gasteiger partial charge is 0.399 e. The molecule has 2 aromatic rings. The topological polar surface area (TPSA) is 60.5 Å². The van der Waals surface area contributed by atoms with Crippen LogP contribution in [0.5, 0.6) is 0 Å². The molecule has 3 rings (SSSR count). The lowest BCUT2D eigenvalue weighted by Gasteiger charge is -2.32. The Labute approximate surface area is 170 Å². The number of nitrogens with one attached hydrogen (secondary N) is 1. The standard InChI is InChI=1S/C18H21BN2O3.2C2H6/c1-17(2)18(3,4)24-19(23-17)14-10-8-13(9-11-14)16(22)21-15-7-5-6-12-20-15;2*1-2/h5-12H,1-4H3,(H,20,21,22);2*1-2H3. The van der Waals surface area contributed by atoms with Crippen molar-refractivity contribution < 1.29 is 14.1 Å². The molecule has 1 aliphatic rings. The van der Waals surface area contributed by atoms with Crippen molar-refractivity contribution in [2.45, 2.75) is 66.6 Å². The number of anilines is 1. The Morgan fingerprint density at radius 1 is 0.893 bits per heavy atom. The summed E-state index contributed by atoms with van der Waals surface area (Å²) in [6, 6.07) is 12.6. The average Bonchev–Trinajstić information content (AvgIpc) is 2.93. The Balaban J connectivity index is 0.000000921. The Morgan fingerprint density at radius 2 is 1.43 bits per heavy atom. The van der Waals surface area contributed by atoms with E-state index in [1.54, 1.807) is 30.5 Å².